The lowest BCUT2D eigenvalue weighted by molar-refractivity contribution is -0.162. The number of carbonyl (C=O) groups excluding carboxylic acids is 2. The summed E-state index contributed by atoms with van der Waals surface area (Å²) in [5.74, 6) is -0.479. The van der Waals surface area contributed by atoms with E-state index < -0.39 is 6.10 Å². The van der Waals surface area contributed by atoms with Crippen LogP contribution in [0.25, 0.3) is 0 Å². The highest BCUT2D eigenvalue weighted by Gasteiger charge is 2.17. The first kappa shape index (κ1) is 55.9. The van der Waals surface area contributed by atoms with Crippen LogP contribution in [0.1, 0.15) is 252 Å². The Labute approximate surface area is 361 Å². The van der Waals surface area contributed by atoms with Gasteiger partial charge < -0.3 is 14.2 Å². The van der Waals surface area contributed by atoms with Crippen molar-refractivity contribution in [3.8, 4) is 0 Å². The standard InChI is InChI=1S/C53H96O5/c1-4-7-10-13-16-19-22-24-25-26-27-28-29-31-32-34-37-40-43-46-52(54)57-50-51(49-56-48-45-42-39-36-21-18-15-12-9-6-3)58-53(55)47-44-41-38-35-33-30-23-20-17-14-11-8-5-2/h8,11,17,20,30,33,38,41,51H,4-7,9-10,12-16,18-19,21-29,31-32,34-37,39-40,42-50H2,1-3H3/b11-8-,20-17-,33-30-,41-38-. The zero-order valence-corrected chi connectivity index (χ0v) is 38.8. The highest BCUT2D eigenvalue weighted by atomic mass is 16.6. The van der Waals surface area contributed by atoms with Crippen LogP contribution in [0.4, 0.5) is 0 Å². The third-order valence-electron chi connectivity index (χ3n) is 10.9. The summed E-state index contributed by atoms with van der Waals surface area (Å²) in [5, 5.41) is 0. The average molecular weight is 813 g/mol. The lowest BCUT2D eigenvalue weighted by atomic mass is 10.0. The molecule has 0 heterocycles. The summed E-state index contributed by atoms with van der Waals surface area (Å²) in [7, 11) is 0. The highest BCUT2D eigenvalue weighted by Crippen LogP contribution is 2.16. The van der Waals surface area contributed by atoms with E-state index in [2.05, 4.69) is 63.3 Å². The van der Waals surface area contributed by atoms with Crippen LogP contribution in [-0.2, 0) is 23.8 Å². The quantitative estimate of drug-likeness (QED) is 0.0348. The number of carbonyl (C=O) groups is 2. The topological polar surface area (TPSA) is 61.8 Å². The summed E-state index contributed by atoms with van der Waals surface area (Å²) in [6.07, 6.45) is 59.9. The maximum Gasteiger partial charge on any atom is 0.306 e. The molecule has 0 aliphatic heterocycles. The second-order valence-electron chi connectivity index (χ2n) is 16.7. The SMILES string of the molecule is CC/C=C\C/C=C\C/C=C\C/C=C\CCC(=O)OC(COCCCCCCCCCCCC)COC(=O)CCCCCCCCCCCCCCCCCCCCC. The fourth-order valence-electron chi connectivity index (χ4n) is 7.17. The van der Waals surface area contributed by atoms with Gasteiger partial charge in [0, 0.05) is 19.4 Å². The van der Waals surface area contributed by atoms with E-state index in [4.69, 9.17) is 14.2 Å². The number of rotatable bonds is 46. The molecule has 5 heteroatoms. The first-order valence-corrected chi connectivity index (χ1v) is 25.2. The molecule has 0 rings (SSSR count). The second kappa shape index (κ2) is 49.2. The van der Waals surface area contributed by atoms with Gasteiger partial charge in [0.05, 0.1) is 6.61 Å². The maximum absolute atomic E-state index is 12.7. The van der Waals surface area contributed by atoms with E-state index >= 15 is 0 Å². The van der Waals surface area contributed by atoms with Gasteiger partial charge in [-0.3, -0.25) is 9.59 Å². The molecule has 0 aliphatic carbocycles. The van der Waals surface area contributed by atoms with Gasteiger partial charge in [0.2, 0.25) is 0 Å². The molecule has 0 saturated carbocycles. The molecule has 0 fully saturated rings. The molecule has 1 atom stereocenters. The molecule has 0 spiro atoms. The van der Waals surface area contributed by atoms with Crippen molar-refractivity contribution in [1.29, 1.82) is 0 Å². The zero-order valence-electron chi connectivity index (χ0n) is 38.8. The smallest absolute Gasteiger partial charge is 0.306 e. The van der Waals surface area contributed by atoms with Gasteiger partial charge in [0.25, 0.3) is 0 Å². The summed E-state index contributed by atoms with van der Waals surface area (Å²) in [6.45, 7) is 7.66. The van der Waals surface area contributed by atoms with Crippen molar-refractivity contribution in [1.82, 2.24) is 0 Å². The van der Waals surface area contributed by atoms with Crippen LogP contribution in [0.3, 0.4) is 0 Å². The van der Waals surface area contributed by atoms with Gasteiger partial charge in [-0.1, -0.05) is 243 Å². The largest absolute Gasteiger partial charge is 0.462 e. The molecule has 0 aromatic heterocycles. The highest BCUT2D eigenvalue weighted by molar-refractivity contribution is 5.70. The molecular weight excluding hydrogens is 717 g/mol. The van der Waals surface area contributed by atoms with Crippen molar-refractivity contribution < 1.29 is 23.8 Å². The Morgan fingerprint density at radius 1 is 0.397 bits per heavy atom. The van der Waals surface area contributed by atoms with Crippen molar-refractivity contribution in [3.63, 3.8) is 0 Å². The van der Waals surface area contributed by atoms with Crippen LogP contribution in [0, 0.1) is 0 Å². The lowest BCUT2D eigenvalue weighted by Crippen LogP contribution is -2.30. The maximum atomic E-state index is 12.7. The van der Waals surface area contributed by atoms with Crippen LogP contribution >= 0.6 is 0 Å². The molecule has 58 heavy (non-hydrogen) atoms. The molecule has 0 aromatic carbocycles. The Bertz CT molecular complexity index is 966. The van der Waals surface area contributed by atoms with E-state index in [0.717, 1.165) is 51.4 Å². The van der Waals surface area contributed by atoms with E-state index in [9.17, 15) is 9.59 Å². The summed E-state index contributed by atoms with van der Waals surface area (Å²) in [4.78, 5) is 25.3. The van der Waals surface area contributed by atoms with Gasteiger partial charge in [-0.05, 0) is 44.9 Å². The molecule has 0 amide bonds. The van der Waals surface area contributed by atoms with Crippen LogP contribution in [0.2, 0.25) is 0 Å². The van der Waals surface area contributed by atoms with Gasteiger partial charge in [-0.25, -0.2) is 0 Å². The molecule has 0 N–H and O–H groups in total. The van der Waals surface area contributed by atoms with E-state index in [-0.39, 0.29) is 25.2 Å². The van der Waals surface area contributed by atoms with Crippen molar-refractivity contribution in [2.24, 2.45) is 0 Å². The molecule has 1 unspecified atom stereocenters. The van der Waals surface area contributed by atoms with Crippen LogP contribution in [-0.4, -0.2) is 37.9 Å². The molecule has 0 aliphatic rings. The number of hydrogen-bond acceptors (Lipinski definition) is 5. The van der Waals surface area contributed by atoms with Gasteiger partial charge >= 0.3 is 11.9 Å². The Hall–Kier alpha value is -2.14. The average Bonchev–Trinajstić information content (AvgIpc) is 3.22. The monoisotopic (exact) mass is 813 g/mol. The summed E-state index contributed by atoms with van der Waals surface area (Å²) >= 11 is 0. The van der Waals surface area contributed by atoms with Crippen molar-refractivity contribution >= 4 is 11.9 Å². The number of unbranched alkanes of at least 4 members (excludes halogenated alkanes) is 27. The van der Waals surface area contributed by atoms with Crippen molar-refractivity contribution in [2.45, 2.75) is 258 Å². The third-order valence-corrected chi connectivity index (χ3v) is 10.9. The minimum Gasteiger partial charge on any atom is -0.462 e. The summed E-state index contributed by atoms with van der Waals surface area (Å²) < 4.78 is 17.3. The number of esters is 2. The number of allylic oxidation sites excluding steroid dienone is 8. The van der Waals surface area contributed by atoms with Crippen LogP contribution in [0.15, 0.2) is 48.6 Å². The molecule has 0 saturated heterocycles. The molecule has 0 aromatic rings. The summed E-state index contributed by atoms with van der Waals surface area (Å²) in [6, 6.07) is 0. The molecular formula is C53H96O5. The predicted molar refractivity (Wildman–Crippen MR) is 251 cm³/mol. The molecule has 0 radical (unpaired) electrons. The molecule has 5 nitrogen and oxygen atoms in total. The van der Waals surface area contributed by atoms with E-state index in [0.29, 0.717) is 25.9 Å². The second-order valence-corrected chi connectivity index (χ2v) is 16.7. The van der Waals surface area contributed by atoms with Crippen LogP contribution in [0.5, 0.6) is 0 Å². The van der Waals surface area contributed by atoms with E-state index in [1.165, 1.54) is 161 Å². The first-order chi connectivity index (χ1) is 28.6. The lowest BCUT2D eigenvalue weighted by Gasteiger charge is -2.18. The Morgan fingerprint density at radius 3 is 1.21 bits per heavy atom. The zero-order chi connectivity index (χ0) is 42.1. The minimum absolute atomic E-state index is 0.0612. The number of ether oxygens (including phenoxy) is 3. The predicted octanol–water partition coefficient (Wildman–Crippen LogP) is 16.8. The Balaban J connectivity index is 4.21. The van der Waals surface area contributed by atoms with Gasteiger partial charge in [0.1, 0.15) is 6.61 Å². The fourth-order valence-corrected chi connectivity index (χ4v) is 7.17. The van der Waals surface area contributed by atoms with Gasteiger partial charge in [-0.15, -0.1) is 0 Å². The molecule has 0 bridgehead atoms. The Kier molecular flexibility index (Phi) is 47.4. The fraction of sp³-hybridized carbons (Fsp3) is 0.811. The number of hydrogen-bond donors (Lipinski definition) is 0. The molecule has 338 valence electrons. The van der Waals surface area contributed by atoms with Crippen molar-refractivity contribution in [2.75, 3.05) is 19.8 Å². The van der Waals surface area contributed by atoms with E-state index in [1.54, 1.807) is 0 Å². The van der Waals surface area contributed by atoms with Gasteiger partial charge in [0.15, 0.2) is 6.10 Å². The van der Waals surface area contributed by atoms with E-state index in [1.807, 2.05) is 6.08 Å². The first-order valence-electron chi connectivity index (χ1n) is 25.2. The van der Waals surface area contributed by atoms with Crippen molar-refractivity contribution in [3.05, 3.63) is 48.6 Å². The summed E-state index contributed by atoms with van der Waals surface area (Å²) in [5.41, 5.74) is 0. The third kappa shape index (κ3) is 46.5. The normalized spacial score (nSPS) is 12.5. The minimum atomic E-state index is -0.567. The van der Waals surface area contributed by atoms with Crippen LogP contribution < -0.4 is 0 Å². The Morgan fingerprint density at radius 2 is 0.776 bits per heavy atom. The van der Waals surface area contributed by atoms with Gasteiger partial charge in [-0.2, -0.15) is 0 Å².